The number of nitro groups is 1. The number of hydrogen-bond acceptors (Lipinski definition) is 5. The third kappa shape index (κ3) is 4.33. The minimum atomic E-state index is -0.469. The molecule has 6 nitrogen and oxygen atoms in total. The summed E-state index contributed by atoms with van der Waals surface area (Å²) < 4.78 is 5.02. The van der Waals surface area contributed by atoms with Gasteiger partial charge in [0.05, 0.1) is 17.4 Å². The lowest BCUT2D eigenvalue weighted by molar-refractivity contribution is -0.384. The maximum Gasteiger partial charge on any atom is 0.313 e. The molecule has 19 heavy (non-hydrogen) atoms. The molecule has 0 heterocycles. The van der Waals surface area contributed by atoms with Crippen molar-refractivity contribution in [3.8, 4) is 0 Å². The minimum absolute atomic E-state index is 0.00480. The zero-order valence-electron chi connectivity index (χ0n) is 10.9. The van der Waals surface area contributed by atoms with Crippen molar-refractivity contribution in [3.63, 3.8) is 0 Å². The summed E-state index contributed by atoms with van der Waals surface area (Å²) in [4.78, 5) is 22.0. The summed E-state index contributed by atoms with van der Waals surface area (Å²) >= 11 is 0. The topological polar surface area (TPSA) is 95.5 Å². The molecule has 1 unspecified atom stereocenters. The van der Waals surface area contributed by atoms with Crippen LogP contribution in [0.15, 0.2) is 24.3 Å². The highest BCUT2D eigenvalue weighted by atomic mass is 16.6. The molecule has 0 aliphatic carbocycles. The largest absolute Gasteiger partial charge is 0.466 e. The van der Waals surface area contributed by atoms with Crippen molar-refractivity contribution in [3.05, 3.63) is 39.9 Å². The molecule has 0 amide bonds. The van der Waals surface area contributed by atoms with E-state index in [0.717, 1.165) is 5.56 Å². The fraction of sp³-hybridized carbons (Fsp3) is 0.462. The normalized spacial score (nSPS) is 11.9. The van der Waals surface area contributed by atoms with Crippen LogP contribution in [0.2, 0.25) is 0 Å². The summed E-state index contributed by atoms with van der Waals surface area (Å²) in [5.74, 6) is -0.728. The summed E-state index contributed by atoms with van der Waals surface area (Å²) in [6.07, 6.45) is 1.27. The van der Waals surface area contributed by atoms with Gasteiger partial charge in [0, 0.05) is 12.1 Å². The van der Waals surface area contributed by atoms with Gasteiger partial charge < -0.3 is 10.5 Å². The summed E-state index contributed by atoms with van der Waals surface area (Å²) in [7, 11) is 0. The molecule has 0 radical (unpaired) electrons. The first-order valence-electron chi connectivity index (χ1n) is 6.21. The minimum Gasteiger partial charge on any atom is -0.466 e. The number of hydrogen-bond donors (Lipinski definition) is 1. The lowest BCUT2D eigenvalue weighted by Gasteiger charge is -2.15. The SMILES string of the molecule is CCOC(=O)C(CCCN)c1ccc([N+](=O)[O-])cc1. The summed E-state index contributed by atoms with van der Waals surface area (Å²) in [5, 5.41) is 10.6. The van der Waals surface area contributed by atoms with Crippen molar-refractivity contribution in [2.45, 2.75) is 25.7 Å². The van der Waals surface area contributed by atoms with Gasteiger partial charge in [-0.2, -0.15) is 0 Å². The maximum absolute atomic E-state index is 11.9. The van der Waals surface area contributed by atoms with Crippen LogP contribution in [0.1, 0.15) is 31.2 Å². The van der Waals surface area contributed by atoms with E-state index >= 15 is 0 Å². The van der Waals surface area contributed by atoms with Crippen LogP contribution in [0.3, 0.4) is 0 Å². The number of carbonyl (C=O) groups is 1. The number of carbonyl (C=O) groups excluding carboxylic acids is 1. The molecular formula is C13H18N2O4. The molecule has 0 spiro atoms. The van der Waals surface area contributed by atoms with Crippen LogP contribution in [-0.4, -0.2) is 24.0 Å². The third-order valence-corrected chi connectivity index (χ3v) is 2.77. The molecule has 0 saturated heterocycles. The van der Waals surface area contributed by atoms with Gasteiger partial charge in [0.25, 0.3) is 5.69 Å². The highest BCUT2D eigenvalue weighted by molar-refractivity contribution is 5.78. The maximum atomic E-state index is 11.9. The molecule has 2 N–H and O–H groups in total. The van der Waals surface area contributed by atoms with Crippen molar-refractivity contribution in [1.29, 1.82) is 0 Å². The fourth-order valence-corrected chi connectivity index (χ4v) is 1.81. The van der Waals surface area contributed by atoms with E-state index in [1.165, 1.54) is 12.1 Å². The number of non-ortho nitro benzene ring substituents is 1. The van der Waals surface area contributed by atoms with E-state index in [4.69, 9.17) is 10.5 Å². The first-order valence-corrected chi connectivity index (χ1v) is 6.21. The molecule has 0 aliphatic heterocycles. The third-order valence-electron chi connectivity index (χ3n) is 2.77. The highest BCUT2D eigenvalue weighted by Gasteiger charge is 2.22. The predicted octanol–water partition coefficient (Wildman–Crippen LogP) is 1.98. The molecule has 1 atom stereocenters. The van der Waals surface area contributed by atoms with Crippen molar-refractivity contribution in [2.24, 2.45) is 5.73 Å². The quantitative estimate of drug-likeness (QED) is 0.462. The average Bonchev–Trinajstić information content (AvgIpc) is 2.40. The summed E-state index contributed by atoms with van der Waals surface area (Å²) in [5.41, 5.74) is 6.18. The van der Waals surface area contributed by atoms with Gasteiger partial charge in [0.2, 0.25) is 0 Å². The molecule has 0 saturated carbocycles. The number of ether oxygens (including phenoxy) is 1. The molecule has 0 aliphatic rings. The summed E-state index contributed by atoms with van der Waals surface area (Å²) in [6.45, 7) is 2.54. The van der Waals surface area contributed by atoms with Gasteiger partial charge in [-0.1, -0.05) is 12.1 Å². The second kappa shape index (κ2) is 7.48. The summed E-state index contributed by atoms with van der Waals surface area (Å²) in [6, 6.07) is 5.97. The van der Waals surface area contributed by atoms with E-state index in [1.807, 2.05) is 0 Å². The molecule has 0 bridgehead atoms. The zero-order valence-corrected chi connectivity index (χ0v) is 10.9. The van der Waals surface area contributed by atoms with Gasteiger partial charge in [-0.25, -0.2) is 0 Å². The Labute approximate surface area is 111 Å². The Balaban J connectivity index is 2.89. The van der Waals surface area contributed by atoms with Gasteiger partial charge in [-0.15, -0.1) is 0 Å². The molecule has 0 aromatic heterocycles. The van der Waals surface area contributed by atoms with Gasteiger partial charge >= 0.3 is 5.97 Å². The Kier molecular flexibility index (Phi) is 5.95. The lowest BCUT2D eigenvalue weighted by Crippen LogP contribution is -2.17. The van der Waals surface area contributed by atoms with Crippen molar-refractivity contribution in [1.82, 2.24) is 0 Å². The van der Waals surface area contributed by atoms with Crippen LogP contribution >= 0.6 is 0 Å². The number of nitrogens with zero attached hydrogens (tertiary/aromatic N) is 1. The number of rotatable bonds is 7. The van der Waals surface area contributed by atoms with E-state index in [9.17, 15) is 14.9 Å². The van der Waals surface area contributed by atoms with E-state index in [0.29, 0.717) is 26.0 Å². The van der Waals surface area contributed by atoms with Crippen LogP contribution in [0, 0.1) is 10.1 Å². The van der Waals surface area contributed by atoms with Crippen molar-refractivity contribution >= 4 is 11.7 Å². The molecule has 0 fully saturated rings. The Morgan fingerprint density at radius 3 is 2.53 bits per heavy atom. The Morgan fingerprint density at radius 2 is 2.05 bits per heavy atom. The number of esters is 1. The molecule has 104 valence electrons. The number of nitrogens with two attached hydrogens (primary N) is 1. The lowest BCUT2D eigenvalue weighted by atomic mass is 9.94. The smallest absolute Gasteiger partial charge is 0.313 e. The fourth-order valence-electron chi connectivity index (χ4n) is 1.81. The monoisotopic (exact) mass is 266 g/mol. The van der Waals surface area contributed by atoms with Gasteiger partial charge in [-0.05, 0) is 31.9 Å². The van der Waals surface area contributed by atoms with Gasteiger partial charge in [0.15, 0.2) is 0 Å². The van der Waals surface area contributed by atoms with E-state index in [2.05, 4.69) is 0 Å². The second-order valence-corrected chi connectivity index (χ2v) is 4.08. The number of benzene rings is 1. The molecular weight excluding hydrogens is 248 g/mol. The number of nitro benzene ring substituents is 1. The standard InChI is InChI=1S/C13H18N2O4/c1-2-19-13(16)12(4-3-9-14)10-5-7-11(8-6-10)15(17)18/h5-8,12H,2-4,9,14H2,1H3. The van der Waals surface area contributed by atoms with Crippen molar-refractivity contribution in [2.75, 3.05) is 13.2 Å². The van der Waals surface area contributed by atoms with Crippen LogP contribution in [0.4, 0.5) is 5.69 Å². The average molecular weight is 266 g/mol. The van der Waals surface area contributed by atoms with Crippen LogP contribution in [0.5, 0.6) is 0 Å². The van der Waals surface area contributed by atoms with Crippen LogP contribution < -0.4 is 5.73 Å². The van der Waals surface area contributed by atoms with Crippen molar-refractivity contribution < 1.29 is 14.5 Å². The highest BCUT2D eigenvalue weighted by Crippen LogP contribution is 2.24. The second-order valence-electron chi connectivity index (χ2n) is 4.08. The van der Waals surface area contributed by atoms with Crippen LogP contribution in [0.25, 0.3) is 0 Å². The molecule has 1 aromatic rings. The zero-order chi connectivity index (χ0) is 14.3. The molecule has 6 heteroatoms. The van der Waals surface area contributed by atoms with E-state index in [-0.39, 0.29) is 11.7 Å². The first kappa shape index (κ1) is 15.1. The molecule has 1 aromatic carbocycles. The van der Waals surface area contributed by atoms with E-state index < -0.39 is 10.8 Å². The van der Waals surface area contributed by atoms with Gasteiger partial charge in [0.1, 0.15) is 0 Å². The molecule has 1 rings (SSSR count). The Morgan fingerprint density at radius 1 is 1.42 bits per heavy atom. The Bertz CT molecular complexity index is 431. The Hall–Kier alpha value is -1.95. The predicted molar refractivity (Wildman–Crippen MR) is 70.8 cm³/mol. The first-order chi connectivity index (χ1) is 9.10. The van der Waals surface area contributed by atoms with Gasteiger partial charge in [-0.3, -0.25) is 14.9 Å². The van der Waals surface area contributed by atoms with Crippen LogP contribution in [-0.2, 0) is 9.53 Å². The van der Waals surface area contributed by atoms with E-state index in [1.54, 1.807) is 19.1 Å².